The Labute approximate surface area is 149 Å². The van der Waals surface area contributed by atoms with Gasteiger partial charge in [0, 0.05) is 0 Å². The molecule has 0 unspecified atom stereocenters. The third kappa shape index (κ3) is 3.63. The average molecular weight is 345 g/mol. The smallest absolute Gasteiger partial charge is 0.326 e. The van der Waals surface area contributed by atoms with Crippen molar-refractivity contribution < 1.29 is 14.3 Å². The molecule has 2 saturated heterocycles. The fourth-order valence-electron chi connectivity index (χ4n) is 3.61. The number of ether oxygens (including phenoxy) is 1. The lowest BCUT2D eigenvalue weighted by atomic mass is 9.92. The van der Waals surface area contributed by atoms with E-state index in [4.69, 9.17) is 4.74 Å². The first-order chi connectivity index (χ1) is 12.0. The van der Waals surface area contributed by atoms with Gasteiger partial charge in [0.05, 0.1) is 13.8 Å². The molecule has 136 valence electrons. The summed E-state index contributed by atoms with van der Waals surface area (Å²) in [5.74, 6) is 0.468. The highest BCUT2D eigenvalue weighted by Gasteiger charge is 2.49. The van der Waals surface area contributed by atoms with E-state index in [0.29, 0.717) is 12.4 Å². The monoisotopic (exact) mass is 345 g/mol. The van der Waals surface area contributed by atoms with E-state index in [1.807, 2.05) is 18.2 Å². The van der Waals surface area contributed by atoms with E-state index in [9.17, 15) is 9.59 Å². The van der Waals surface area contributed by atoms with Gasteiger partial charge >= 0.3 is 6.03 Å². The Bertz CT molecular complexity index is 641. The first-order valence-corrected chi connectivity index (χ1v) is 9.05. The number of methoxy groups -OCH3 is 1. The lowest BCUT2D eigenvalue weighted by Gasteiger charge is -2.28. The molecule has 2 fully saturated rings. The van der Waals surface area contributed by atoms with Crippen LogP contribution in [0.4, 0.5) is 4.79 Å². The van der Waals surface area contributed by atoms with Gasteiger partial charge in [-0.05, 0) is 50.6 Å². The Hall–Kier alpha value is -2.08. The van der Waals surface area contributed by atoms with Crippen molar-refractivity contribution in [2.75, 3.05) is 26.9 Å². The van der Waals surface area contributed by atoms with Gasteiger partial charge in [0.15, 0.2) is 0 Å². The van der Waals surface area contributed by atoms with Gasteiger partial charge < -0.3 is 10.1 Å². The quantitative estimate of drug-likeness (QED) is 0.852. The second-order valence-electron chi connectivity index (χ2n) is 7.05. The standard InChI is InChI=1S/C19H27N3O3/c1-19(15-9-8-10-16(13-15)25-2)17(23)22(18(24)20-19)14-21-11-6-4-3-5-7-12-21/h8-10,13H,3-7,11-12,14H2,1-2H3,(H,20,24)/t19-/m0/s1. The van der Waals surface area contributed by atoms with Crippen molar-refractivity contribution in [3.63, 3.8) is 0 Å². The van der Waals surface area contributed by atoms with Crippen LogP contribution in [0, 0.1) is 0 Å². The van der Waals surface area contributed by atoms with E-state index in [0.717, 1.165) is 31.5 Å². The first-order valence-electron chi connectivity index (χ1n) is 9.05. The van der Waals surface area contributed by atoms with Crippen molar-refractivity contribution >= 4 is 11.9 Å². The number of benzene rings is 1. The zero-order chi connectivity index (χ0) is 17.9. The maximum absolute atomic E-state index is 13.0. The molecule has 2 aliphatic rings. The molecular formula is C19H27N3O3. The van der Waals surface area contributed by atoms with E-state index in [2.05, 4.69) is 10.2 Å². The molecule has 2 aliphatic heterocycles. The molecule has 0 spiro atoms. The number of nitrogens with one attached hydrogen (secondary N) is 1. The molecule has 0 bridgehead atoms. The maximum Gasteiger partial charge on any atom is 0.326 e. The van der Waals surface area contributed by atoms with Gasteiger partial charge in [0.2, 0.25) is 0 Å². The molecule has 6 nitrogen and oxygen atoms in total. The number of imide groups is 1. The van der Waals surface area contributed by atoms with Gasteiger partial charge in [-0.2, -0.15) is 0 Å². The number of carbonyl (C=O) groups excluding carboxylic acids is 2. The molecule has 1 N–H and O–H groups in total. The van der Waals surface area contributed by atoms with Crippen LogP contribution in [0.25, 0.3) is 0 Å². The van der Waals surface area contributed by atoms with Crippen molar-refractivity contribution in [3.05, 3.63) is 29.8 Å². The minimum Gasteiger partial charge on any atom is -0.497 e. The topological polar surface area (TPSA) is 61.9 Å². The number of urea groups is 1. The summed E-state index contributed by atoms with van der Waals surface area (Å²) in [6.07, 6.45) is 5.97. The molecule has 1 aromatic rings. The van der Waals surface area contributed by atoms with E-state index in [-0.39, 0.29) is 11.9 Å². The normalized spacial score (nSPS) is 25.4. The predicted molar refractivity (Wildman–Crippen MR) is 95.2 cm³/mol. The summed E-state index contributed by atoms with van der Waals surface area (Å²) in [6, 6.07) is 6.99. The second-order valence-corrected chi connectivity index (χ2v) is 7.05. The third-order valence-electron chi connectivity index (χ3n) is 5.21. The first kappa shape index (κ1) is 17.7. The van der Waals surface area contributed by atoms with E-state index < -0.39 is 5.54 Å². The highest BCUT2D eigenvalue weighted by molar-refractivity contribution is 6.07. The number of amides is 3. The van der Waals surface area contributed by atoms with Crippen molar-refractivity contribution in [1.29, 1.82) is 0 Å². The van der Waals surface area contributed by atoms with Crippen molar-refractivity contribution in [1.82, 2.24) is 15.1 Å². The van der Waals surface area contributed by atoms with Gasteiger partial charge in [0.1, 0.15) is 11.3 Å². The Kier molecular flexibility index (Phi) is 5.27. The van der Waals surface area contributed by atoms with E-state index in [1.54, 1.807) is 20.1 Å². The summed E-state index contributed by atoms with van der Waals surface area (Å²) < 4.78 is 5.25. The van der Waals surface area contributed by atoms with Crippen LogP contribution in [0.3, 0.4) is 0 Å². The van der Waals surface area contributed by atoms with E-state index in [1.165, 1.54) is 24.2 Å². The van der Waals surface area contributed by atoms with Crippen molar-refractivity contribution in [2.24, 2.45) is 0 Å². The van der Waals surface area contributed by atoms with Gasteiger partial charge in [0.25, 0.3) is 5.91 Å². The Morgan fingerprint density at radius 1 is 1.12 bits per heavy atom. The lowest BCUT2D eigenvalue weighted by Crippen LogP contribution is -2.44. The zero-order valence-corrected chi connectivity index (χ0v) is 15.1. The molecule has 3 amide bonds. The van der Waals surface area contributed by atoms with E-state index >= 15 is 0 Å². The molecule has 0 saturated carbocycles. The Morgan fingerprint density at radius 2 is 1.80 bits per heavy atom. The summed E-state index contributed by atoms with van der Waals surface area (Å²) in [5.41, 5.74) is -0.311. The van der Waals surface area contributed by atoms with Crippen LogP contribution in [-0.4, -0.2) is 48.6 Å². The number of nitrogens with zero attached hydrogens (tertiary/aromatic N) is 2. The summed E-state index contributed by atoms with van der Waals surface area (Å²) in [7, 11) is 1.59. The van der Waals surface area contributed by atoms with Crippen LogP contribution < -0.4 is 10.1 Å². The molecule has 0 radical (unpaired) electrons. The second kappa shape index (κ2) is 7.44. The van der Waals surface area contributed by atoms with Gasteiger partial charge in [-0.15, -0.1) is 0 Å². The SMILES string of the molecule is COc1cccc([C@]2(C)NC(=O)N(CN3CCCCCCC3)C2=O)c1. The van der Waals surface area contributed by atoms with Crippen molar-refractivity contribution in [2.45, 2.75) is 44.6 Å². The fraction of sp³-hybridized carbons (Fsp3) is 0.579. The van der Waals surface area contributed by atoms with Crippen LogP contribution in [0.15, 0.2) is 24.3 Å². The molecule has 6 heteroatoms. The zero-order valence-electron chi connectivity index (χ0n) is 15.1. The highest BCUT2D eigenvalue weighted by atomic mass is 16.5. The van der Waals surface area contributed by atoms with Crippen LogP contribution in [-0.2, 0) is 10.3 Å². The molecular weight excluding hydrogens is 318 g/mol. The van der Waals surface area contributed by atoms with Crippen LogP contribution in [0.5, 0.6) is 5.75 Å². The molecule has 25 heavy (non-hydrogen) atoms. The lowest BCUT2D eigenvalue weighted by molar-refractivity contribution is -0.132. The number of hydrogen-bond donors (Lipinski definition) is 1. The maximum atomic E-state index is 13.0. The number of rotatable bonds is 4. The van der Waals surface area contributed by atoms with Crippen LogP contribution in [0.1, 0.15) is 44.6 Å². The number of likely N-dealkylation sites (tertiary alicyclic amines) is 1. The minimum absolute atomic E-state index is 0.201. The molecule has 0 aromatic heterocycles. The minimum atomic E-state index is -1.05. The van der Waals surface area contributed by atoms with Crippen LogP contribution >= 0.6 is 0 Å². The molecule has 1 aromatic carbocycles. The highest BCUT2D eigenvalue weighted by Crippen LogP contribution is 2.31. The third-order valence-corrected chi connectivity index (χ3v) is 5.21. The largest absolute Gasteiger partial charge is 0.497 e. The number of carbonyl (C=O) groups is 2. The van der Waals surface area contributed by atoms with Gasteiger partial charge in [-0.3, -0.25) is 9.69 Å². The Morgan fingerprint density at radius 3 is 2.48 bits per heavy atom. The molecule has 3 rings (SSSR count). The van der Waals surface area contributed by atoms with Gasteiger partial charge in [-0.25, -0.2) is 9.69 Å². The molecule has 0 aliphatic carbocycles. The van der Waals surface area contributed by atoms with Gasteiger partial charge in [-0.1, -0.05) is 31.4 Å². The molecule has 2 heterocycles. The summed E-state index contributed by atoms with van der Waals surface area (Å²) >= 11 is 0. The average Bonchev–Trinajstić information content (AvgIpc) is 2.81. The summed E-state index contributed by atoms with van der Waals surface area (Å²) in [6.45, 7) is 4.00. The summed E-state index contributed by atoms with van der Waals surface area (Å²) in [5, 5.41) is 2.87. The Balaban J connectivity index is 1.76. The fourth-order valence-corrected chi connectivity index (χ4v) is 3.61. The number of hydrogen-bond acceptors (Lipinski definition) is 4. The predicted octanol–water partition coefficient (Wildman–Crippen LogP) is 2.69. The summed E-state index contributed by atoms with van der Waals surface area (Å²) in [4.78, 5) is 29.1. The van der Waals surface area contributed by atoms with Crippen LogP contribution in [0.2, 0.25) is 0 Å². The molecule has 1 atom stereocenters. The van der Waals surface area contributed by atoms with Crippen molar-refractivity contribution in [3.8, 4) is 5.75 Å².